The van der Waals surface area contributed by atoms with E-state index in [1.54, 1.807) is 0 Å². The third-order valence-electron chi connectivity index (χ3n) is 5.61. The quantitative estimate of drug-likeness (QED) is 0.743. The van der Waals surface area contributed by atoms with E-state index in [4.69, 9.17) is 0 Å². The lowest BCUT2D eigenvalue weighted by Gasteiger charge is -2.27. The molecule has 1 unspecified atom stereocenters. The second kappa shape index (κ2) is 7.45. The monoisotopic (exact) mass is 362 g/mol. The molecule has 0 fully saturated rings. The average molecular weight is 363 g/mol. The van der Waals surface area contributed by atoms with E-state index in [2.05, 4.69) is 77.9 Å². The zero-order valence-corrected chi connectivity index (χ0v) is 16.9. The van der Waals surface area contributed by atoms with Crippen LogP contribution in [0.3, 0.4) is 0 Å². The molecule has 0 radical (unpaired) electrons. The molecule has 3 aromatic rings. The van der Waals surface area contributed by atoms with Crippen molar-refractivity contribution in [2.24, 2.45) is 0 Å². The Balaban J connectivity index is 1.80. The van der Waals surface area contributed by atoms with Gasteiger partial charge in [0, 0.05) is 61.1 Å². The summed E-state index contributed by atoms with van der Waals surface area (Å²) in [6.07, 6.45) is 4.90. The van der Waals surface area contributed by atoms with E-state index in [1.807, 2.05) is 12.4 Å². The van der Waals surface area contributed by atoms with Crippen LogP contribution < -0.4 is 5.32 Å². The molecule has 0 spiro atoms. The van der Waals surface area contributed by atoms with Gasteiger partial charge in [0.1, 0.15) is 0 Å². The standard InChI is InChI=1S/C23H30N4/c1-16(2)25-21(18-7-10-24-11-8-18)15-27-22-6-5-17(3)13-19(22)20-14-26(4)12-9-23(20)27/h5-8,10-11,13,16,21,25H,9,12,14-15H2,1-4H3. The Morgan fingerprint density at radius 1 is 1.15 bits per heavy atom. The van der Waals surface area contributed by atoms with Gasteiger partial charge in [0.05, 0.1) is 6.04 Å². The first kappa shape index (κ1) is 18.2. The van der Waals surface area contributed by atoms with E-state index in [-0.39, 0.29) is 6.04 Å². The van der Waals surface area contributed by atoms with Crippen LogP contribution in [0, 0.1) is 6.92 Å². The van der Waals surface area contributed by atoms with Gasteiger partial charge >= 0.3 is 0 Å². The van der Waals surface area contributed by atoms with E-state index in [1.165, 1.54) is 33.3 Å². The molecule has 3 heterocycles. The molecule has 1 aliphatic heterocycles. The van der Waals surface area contributed by atoms with Gasteiger partial charge in [-0.15, -0.1) is 0 Å². The molecule has 2 aromatic heterocycles. The van der Waals surface area contributed by atoms with Crippen molar-refractivity contribution in [3.63, 3.8) is 0 Å². The topological polar surface area (TPSA) is 33.1 Å². The van der Waals surface area contributed by atoms with Crippen LogP contribution in [0.15, 0.2) is 42.7 Å². The SMILES string of the molecule is Cc1ccc2c(c1)c1c(n2CC(NC(C)C)c2ccncc2)CCN(C)C1. The van der Waals surface area contributed by atoms with Crippen LogP contribution in [0.2, 0.25) is 0 Å². The van der Waals surface area contributed by atoms with Crippen molar-refractivity contribution in [2.45, 2.75) is 52.4 Å². The number of hydrogen-bond donors (Lipinski definition) is 1. The van der Waals surface area contributed by atoms with Gasteiger partial charge in [-0.3, -0.25) is 4.98 Å². The van der Waals surface area contributed by atoms with Gasteiger partial charge in [0.2, 0.25) is 0 Å². The maximum absolute atomic E-state index is 4.20. The van der Waals surface area contributed by atoms with E-state index in [0.29, 0.717) is 6.04 Å². The summed E-state index contributed by atoms with van der Waals surface area (Å²) >= 11 is 0. The fraction of sp³-hybridized carbons (Fsp3) is 0.435. The molecule has 0 saturated carbocycles. The lowest BCUT2D eigenvalue weighted by Crippen LogP contribution is -2.33. The minimum atomic E-state index is 0.272. The Morgan fingerprint density at radius 2 is 1.93 bits per heavy atom. The molecule has 1 aromatic carbocycles. The van der Waals surface area contributed by atoms with E-state index < -0.39 is 0 Å². The third-order valence-corrected chi connectivity index (χ3v) is 5.61. The number of aryl methyl sites for hydroxylation is 1. The first-order valence-corrected chi connectivity index (χ1v) is 9.98. The predicted octanol–water partition coefficient (Wildman–Crippen LogP) is 4.07. The third kappa shape index (κ3) is 3.64. The molecule has 4 heteroatoms. The van der Waals surface area contributed by atoms with Crippen molar-refractivity contribution in [2.75, 3.05) is 13.6 Å². The predicted molar refractivity (Wildman–Crippen MR) is 112 cm³/mol. The number of benzene rings is 1. The highest BCUT2D eigenvalue weighted by molar-refractivity contribution is 5.86. The largest absolute Gasteiger partial charge is 0.342 e. The molecule has 1 aliphatic rings. The van der Waals surface area contributed by atoms with Gasteiger partial charge in [-0.1, -0.05) is 25.5 Å². The summed E-state index contributed by atoms with van der Waals surface area (Å²) in [6.45, 7) is 9.74. The number of nitrogens with one attached hydrogen (secondary N) is 1. The van der Waals surface area contributed by atoms with Gasteiger partial charge in [-0.25, -0.2) is 0 Å². The van der Waals surface area contributed by atoms with Gasteiger partial charge in [0.15, 0.2) is 0 Å². The number of hydrogen-bond acceptors (Lipinski definition) is 3. The average Bonchev–Trinajstić information content (AvgIpc) is 2.94. The number of fused-ring (bicyclic) bond motifs is 3. The summed E-state index contributed by atoms with van der Waals surface area (Å²) in [5, 5.41) is 5.19. The van der Waals surface area contributed by atoms with Crippen molar-refractivity contribution < 1.29 is 0 Å². The van der Waals surface area contributed by atoms with Crippen molar-refractivity contribution in [3.8, 4) is 0 Å². The van der Waals surface area contributed by atoms with Gasteiger partial charge in [-0.2, -0.15) is 0 Å². The maximum Gasteiger partial charge on any atom is 0.0505 e. The van der Waals surface area contributed by atoms with Crippen LogP contribution in [-0.4, -0.2) is 34.1 Å². The number of aromatic nitrogens is 2. The molecule has 0 saturated heterocycles. The summed E-state index contributed by atoms with van der Waals surface area (Å²) in [5.41, 5.74) is 7.03. The van der Waals surface area contributed by atoms with E-state index in [9.17, 15) is 0 Å². The number of nitrogens with zero attached hydrogens (tertiary/aromatic N) is 3. The van der Waals surface area contributed by atoms with Crippen LogP contribution in [0.5, 0.6) is 0 Å². The molecular formula is C23H30N4. The van der Waals surface area contributed by atoms with Crippen molar-refractivity contribution >= 4 is 10.9 Å². The van der Waals surface area contributed by atoms with Crippen LogP contribution in [0.1, 0.15) is 42.3 Å². The van der Waals surface area contributed by atoms with Gasteiger partial charge in [0.25, 0.3) is 0 Å². The molecule has 142 valence electrons. The summed E-state index contributed by atoms with van der Waals surface area (Å²) in [6, 6.07) is 11.9. The van der Waals surface area contributed by atoms with Crippen LogP contribution in [-0.2, 0) is 19.5 Å². The fourth-order valence-electron chi connectivity index (χ4n) is 4.34. The zero-order chi connectivity index (χ0) is 19.0. The maximum atomic E-state index is 4.20. The van der Waals surface area contributed by atoms with E-state index in [0.717, 1.165) is 26.1 Å². The number of pyridine rings is 1. The minimum Gasteiger partial charge on any atom is -0.342 e. The minimum absolute atomic E-state index is 0.272. The fourth-order valence-corrected chi connectivity index (χ4v) is 4.34. The van der Waals surface area contributed by atoms with Crippen molar-refractivity contribution in [3.05, 3.63) is 65.1 Å². The van der Waals surface area contributed by atoms with Crippen LogP contribution in [0.25, 0.3) is 10.9 Å². The smallest absolute Gasteiger partial charge is 0.0505 e. The highest BCUT2D eigenvalue weighted by Gasteiger charge is 2.24. The van der Waals surface area contributed by atoms with Crippen LogP contribution in [0.4, 0.5) is 0 Å². The molecular weight excluding hydrogens is 332 g/mol. The van der Waals surface area contributed by atoms with Gasteiger partial charge < -0.3 is 14.8 Å². The number of rotatable bonds is 5. The molecule has 1 atom stereocenters. The highest BCUT2D eigenvalue weighted by atomic mass is 15.1. The first-order chi connectivity index (χ1) is 13.0. The second-order valence-electron chi connectivity index (χ2n) is 8.20. The Labute approximate surface area is 162 Å². The van der Waals surface area contributed by atoms with Crippen molar-refractivity contribution in [1.82, 2.24) is 19.8 Å². The molecule has 4 nitrogen and oxygen atoms in total. The zero-order valence-electron chi connectivity index (χ0n) is 16.9. The Hall–Kier alpha value is -2.17. The Morgan fingerprint density at radius 3 is 2.67 bits per heavy atom. The molecule has 1 N–H and O–H groups in total. The number of likely N-dealkylation sites (N-methyl/N-ethyl adjacent to an activating group) is 1. The van der Waals surface area contributed by atoms with E-state index >= 15 is 0 Å². The summed E-state index contributed by atoms with van der Waals surface area (Å²) in [4.78, 5) is 6.63. The molecule has 4 rings (SSSR count). The van der Waals surface area contributed by atoms with Crippen molar-refractivity contribution in [1.29, 1.82) is 0 Å². The first-order valence-electron chi connectivity index (χ1n) is 9.98. The second-order valence-corrected chi connectivity index (χ2v) is 8.20. The lowest BCUT2D eigenvalue weighted by atomic mass is 10.0. The van der Waals surface area contributed by atoms with Crippen LogP contribution >= 0.6 is 0 Å². The highest BCUT2D eigenvalue weighted by Crippen LogP contribution is 2.33. The molecule has 0 amide bonds. The molecule has 0 bridgehead atoms. The van der Waals surface area contributed by atoms with Gasteiger partial charge in [-0.05, 0) is 49.4 Å². The Kier molecular flexibility index (Phi) is 5.02. The molecule has 0 aliphatic carbocycles. The Bertz CT molecular complexity index is 926. The molecule has 27 heavy (non-hydrogen) atoms. The lowest BCUT2D eigenvalue weighted by molar-refractivity contribution is 0.307. The summed E-state index contributed by atoms with van der Waals surface area (Å²) < 4.78 is 2.57. The summed E-state index contributed by atoms with van der Waals surface area (Å²) in [7, 11) is 2.22. The summed E-state index contributed by atoms with van der Waals surface area (Å²) in [5.74, 6) is 0. The normalized spacial score (nSPS) is 16.0.